The van der Waals surface area contributed by atoms with Crippen molar-refractivity contribution in [1.82, 2.24) is 5.32 Å². The summed E-state index contributed by atoms with van der Waals surface area (Å²) >= 11 is 5.99. The Morgan fingerprint density at radius 2 is 1.70 bits per heavy atom. The van der Waals surface area contributed by atoms with E-state index in [9.17, 15) is 4.57 Å². The van der Waals surface area contributed by atoms with Crippen LogP contribution in [-0.4, -0.2) is 19.3 Å². The van der Waals surface area contributed by atoms with Crippen LogP contribution >= 0.6 is 19.2 Å². The summed E-state index contributed by atoms with van der Waals surface area (Å²) in [6.45, 7) is 4.39. The summed E-state index contributed by atoms with van der Waals surface area (Å²) in [4.78, 5) is 0. The molecule has 0 unspecified atom stereocenters. The molecule has 1 N–H and O–H groups in total. The van der Waals surface area contributed by atoms with Crippen molar-refractivity contribution in [3.05, 3.63) is 34.9 Å². The minimum atomic E-state index is -3.29. The second kappa shape index (κ2) is 9.19. The standard InChI is InChI=1S/C17H27ClNO3P/c1-3-21-23(20,22-4-2)17(14-10-12-15(18)13-11-14)19-16-8-6-5-7-9-16/h10-13,16-17,19H,3-9H2,1-2H3/t17-/m1/s1. The number of hydrogen-bond donors (Lipinski definition) is 1. The Morgan fingerprint density at radius 3 is 2.22 bits per heavy atom. The Bertz CT molecular complexity index is 507. The summed E-state index contributed by atoms with van der Waals surface area (Å²) in [6, 6.07) is 7.77. The van der Waals surface area contributed by atoms with Gasteiger partial charge in [-0.1, -0.05) is 43.0 Å². The molecule has 2 rings (SSSR count). The van der Waals surface area contributed by atoms with E-state index in [-0.39, 0.29) is 0 Å². The lowest BCUT2D eigenvalue weighted by atomic mass is 9.95. The van der Waals surface area contributed by atoms with E-state index in [0.29, 0.717) is 24.3 Å². The Balaban J connectivity index is 2.28. The van der Waals surface area contributed by atoms with Gasteiger partial charge in [-0.3, -0.25) is 9.88 Å². The van der Waals surface area contributed by atoms with E-state index in [1.807, 2.05) is 38.1 Å². The first-order valence-electron chi connectivity index (χ1n) is 8.49. The molecule has 23 heavy (non-hydrogen) atoms. The maximum absolute atomic E-state index is 13.3. The van der Waals surface area contributed by atoms with Crippen LogP contribution in [0.4, 0.5) is 0 Å². The molecule has 1 saturated carbocycles. The molecule has 0 saturated heterocycles. The lowest BCUT2D eigenvalue weighted by molar-refractivity contribution is 0.202. The Hall–Kier alpha value is -0.380. The zero-order valence-electron chi connectivity index (χ0n) is 14.0. The van der Waals surface area contributed by atoms with Gasteiger partial charge in [0.25, 0.3) is 0 Å². The molecule has 130 valence electrons. The molecule has 0 spiro atoms. The molecule has 1 aromatic carbocycles. The molecule has 1 aliphatic carbocycles. The summed E-state index contributed by atoms with van der Waals surface area (Å²) in [6.07, 6.45) is 5.89. The van der Waals surface area contributed by atoms with Crippen molar-refractivity contribution in [3.8, 4) is 0 Å². The second-order valence-corrected chi connectivity index (χ2v) is 8.38. The summed E-state index contributed by atoms with van der Waals surface area (Å²) in [5.74, 6) is -0.456. The van der Waals surface area contributed by atoms with E-state index in [1.54, 1.807) is 0 Å². The van der Waals surface area contributed by atoms with Crippen LogP contribution in [0.15, 0.2) is 24.3 Å². The minimum absolute atomic E-state index is 0.346. The number of benzene rings is 1. The van der Waals surface area contributed by atoms with Gasteiger partial charge in [0.2, 0.25) is 0 Å². The zero-order chi connectivity index (χ0) is 16.7. The molecule has 0 heterocycles. The first-order valence-corrected chi connectivity index (χ1v) is 10.5. The Labute approximate surface area is 144 Å². The van der Waals surface area contributed by atoms with Crippen molar-refractivity contribution in [1.29, 1.82) is 0 Å². The summed E-state index contributed by atoms with van der Waals surface area (Å²) in [7, 11) is -3.29. The van der Waals surface area contributed by atoms with Gasteiger partial charge >= 0.3 is 7.60 Å². The van der Waals surface area contributed by atoms with E-state index in [4.69, 9.17) is 20.6 Å². The van der Waals surface area contributed by atoms with E-state index < -0.39 is 13.4 Å². The van der Waals surface area contributed by atoms with Gasteiger partial charge in [-0.2, -0.15) is 0 Å². The highest BCUT2D eigenvalue weighted by atomic mass is 35.5. The van der Waals surface area contributed by atoms with Crippen molar-refractivity contribution >= 4 is 19.2 Å². The lowest BCUT2D eigenvalue weighted by Crippen LogP contribution is -2.35. The monoisotopic (exact) mass is 359 g/mol. The van der Waals surface area contributed by atoms with Crippen molar-refractivity contribution in [3.63, 3.8) is 0 Å². The van der Waals surface area contributed by atoms with Crippen molar-refractivity contribution in [2.24, 2.45) is 0 Å². The van der Waals surface area contributed by atoms with Gasteiger partial charge in [0.15, 0.2) is 0 Å². The summed E-state index contributed by atoms with van der Waals surface area (Å²) in [5, 5.41) is 4.21. The molecule has 6 heteroatoms. The highest BCUT2D eigenvalue weighted by Gasteiger charge is 2.38. The van der Waals surface area contributed by atoms with Gasteiger partial charge in [-0.15, -0.1) is 0 Å². The lowest BCUT2D eigenvalue weighted by Gasteiger charge is -2.32. The van der Waals surface area contributed by atoms with Gasteiger partial charge in [-0.05, 0) is 44.4 Å². The third-order valence-electron chi connectivity index (χ3n) is 4.12. The van der Waals surface area contributed by atoms with Gasteiger partial charge in [0.05, 0.1) is 13.2 Å². The average Bonchev–Trinajstić information content (AvgIpc) is 2.55. The molecule has 1 aromatic rings. The summed E-state index contributed by atoms with van der Waals surface area (Å²) in [5.41, 5.74) is 0.894. The van der Waals surface area contributed by atoms with Crippen molar-refractivity contribution < 1.29 is 13.6 Å². The molecule has 1 aliphatic rings. The molecule has 0 radical (unpaired) electrons. The van der Waals surface area contributed by atoms with E-state index in [0.717, 1.165) is 18.4 Å². The predicted molar refractivity (Wildman–Crippen MR) is 95.1 cm³/mol. The normalized spacial score (nSPS) is 18.0. The van der Waals surface area contributed by atoms with Crippen LogP contribution in [0.2, 0.25) is 5.02 Å². The van der Waals surface area contributed by atoms with Crippen molar-refractivity contribution in [2.45, 2.75) is 57.8 Å². The molecular formula is C17H27ClNO3P. The molecule has 0 aliphatic heterocycles. The quantitative estimate of drug-likeness (QED) is 0.620. The third kappa shape index (κ3) is 5.30. The van der Waals surface area contributed by atoms with Crippen LogP contribution in [0, 0.1) is 0 Å². The van der Waals surface area contributed by atoms with Gasteiger partial charge < -0.3 is 9.05 Å². The fourth-order valence-corrected chi connectivity index (χ4v) is 5.20. The first-order chi connectivity index (χ1) is 11.1. The average molecular weight is 360 g/mol. The largest absolute Gasteiger partial charge is 0.351 e. The van der Waals surface area contributed by atoms with Crippen LogP contribution in [-0.2, 0) is 13.6 Å². The van der Waals surface area contributed by atoms with E-state index in [1.165, 1.54) is 19.3 Å². The van der Waals surface area contributed by atoms with Crippen LogP contribution < -0.4 is 5.32 Å². The number of nitrogens with one attached hydrogen (secondary N) is 1. The Morgan fingerprint density at radius 1 is 1.13 bits per heavy atom. The topological polar surface area (TPSA) is 47.6 Å². The molecule has 4 nitrogen and oxygen atoms in total. The number of halogens is 1. The molecular weight excluding hydrogens is 333 g/mol. The summed E-state index contributed by atoms with van der Waals surface area (Å²) < 4.78 is 24.5. The Kier molecular flexibility index (Phi) is 7.58. The molecule has 0 amide bonds. The second-order valence-electron chi connectivity index (χ2n) is 5.83. The maximum Gasteiger partial charge on any atom is 0.351 e. The van der Waals surface area contributed by atoms with Gasteiger partial charge in [0.1, 0.15) is 5.78 Å². The van der Waals surface area contributed by atoms with Gasteiger partial charge in [0, 0.05) is 11.1 Å². The van der Waals surface area contributed by atoms with Gasteiger partial charge in [-0.25, -0.2) is 0 Å². The molecule has 0 aromatic heterocycles. The number of rotatable bonds is 8. The predicted octanol–water partition coefficient (Wildman–Crippen LogP) is 5.53. The van der Waals surface area contributed by atoms with Crippen LogP contribution in [0.3, 0.4) is 0 Å². The number of hydrogen-bond acceptors (Lipinski definition) is 4. The van der Waals surface area contributed by atoms with Crippen LogP contribution in [0.1, 0.15) is 57.3 Å². The fraction of sp³-hybridized carbons (Fsp3) is 0.647. The maximum atomic E-state index is 13.3. The zero-order valence-corrected chi connectivity index (χ0v) is 15.6. The first kappa shape index (κ1) is 19.0. The van der Waals surface area contributed by atoms with E-state index >= 15 is 0 Å². The highest BCUT2D eigenvalue weighted by molar-refractivity contribution is 7.54. The smallest absolute Gasteiger partial charge is 0.308 e. The fourth-order valence-electron chi connectivity index (χ4n) is 3.05. The molecule has 1 fully saturated rings. The minimum Gasteiger partial charge on any atom is -0.308 e. The SMILES string of the molecule is CCOP(=O)(OCC)[C@@H](NC1CCCCC1)c1ccc(Cl)cc1. The van der Waals surface area contributed by atoms with E-state index in [2.05, 4.69) is 5.32 Å². The highest BCUT2D eigenvalue weighted by Crippen LogP contribution is 2.60. The van der Waals surface area contributed by atoms with Crippen molar-refractivity contribution in [2.75, 3.05) is 13.2 Å². The molecule has 1 atom stereocenters. The molecule has 0 bridgehead atoms. The van der Waals surface area contributed by atoms with Crippen LogP contribution in [0.25, 0.3) is 0 Å². The third-order valence-corrected chi connectivity index (χ3v) is 6.69. The van der Waals surface area contributed by atoms with Crippen LogP contribution in [0.5, 0.6) is 0 Å².